The highest BCUT2D eigenvalue weighted by molar-refractivity contribution is 5.84. The lowest BCUT2D eigenvalue weighted by Gasteiger charge is -2.08. The topological polar surface area (TPSA) is 26.5 Å². The van der Waals surface area contributed by atoms with E-state index in [1.54, 1.807) is 24.3 Å². The van der Waals surface area contributed by atoms with E-state index in [2.05, 4.69) is 10.3 Å². The third-order valence-corrected chi connectivity index (χ3v) is 2.07. The third-order valence-electron chi connectivity index (χ3n) is 2.07. The van der Waals surface area contributed by atoms with Crippen molar-refractivity contribution in [2.45, 2.75) is 0 Å². The van der Waals surface area contributed by atoms with Crippen molar-refractivity contribution < 1.29 is 8.78 Å². The molecule has 0 unspecified atom stereocenters. The maximum atomic E-state index is 12.6. The molecule has 4 heteroatoms. The van der Waals surface area contributed by atoms with Gasteiger partial charge in [0.15, 0.2) is 0 Å². The molecule has 0 N–H and O–H groups in total. The molecule has 2 rings (SSSR count). The van der Waals surface area contributed by atoms with Crippen LogP contribution in [0.2, 0.25) is 0 Å². The molecule has 0 atom stereocenters. The first-order valence-electron chi connectivity index (χ1n) is 4.98. The Balaban J connectivity index is 1.97. The van der Waals surface area contributed by atoms with Crippen LogP contribution in [0.1, 0.15) is 0 Å². The minimum absolute atomic E-state index is 0.306. The van der Waals surface area contributed by atoms with Gasteiger partial charge in [0.2, 0.25) is 0 Å². The van der Waals surface area contributed by atoms with E-state index in [0.29, 0.717) is 11.4 Å². The average Bonchev–Trinajstić information content (AvgIpc) is 2.34. The maximum absolute atomic E-state index is 12.6. The fourth-order valence-corrected chi connectivity index (χ4v) is 1.22. The lowest BCUT2D eigenvalue weighted by atomic mass is 10.3. The Kier molecular flexibility index (Phi) is 3.45. The van der Waals surface area contributed by atoms with Gasteiger partial charge < -0.3 is 10.3 Å². The number of rotatable bonds is 3. The lowest BCUT2D eigenvalue weighted by Crippen LogP contribution is -1.74. The summed E-state index contributed by atoms with van der Waals surface area (Å²) in [5.74, 6) is -0.612. The van der Waals surface area contributed by atoms with Crippen LogP contribution in [-0.2, 0) is 0 Å². The van der Waals surface area contributed by atoms with Crippen molar-refractivity contribution in [2.24, 2.45) is 4.99 Å². The van der Waals surface area contributed by atoms with Gasteiger partial charge in [-0.25, -0.2) is 8.78 Å². The Morgan fingerprint density at radius 1 is 0.824 bits per heavy atom. The molecule has 2 nitrogen and oxygen atoms in total. The Hall–Kier alpha value is -2.23. The lowest BCUT2D eigenvalue weighted by molar-refractivity contribution is 0.627. The molecule has 0 saturated heterocycles. The number of hydrogen-bond donors (Lipinski definition) is 0. The summed E-state index contributed by atoms with van der Waals surface area (Å²) in [6, 6.07) is 11.5. The van der Waals surface area contributed by atoms with Crippen molar-refractivity contribution in [3.8, 4) is 0 Å². The minimum atomic E-state index is -0.306. The van der Waals surface area contributed by atoms with Crippen LogP contribution >= 0.6 is 0 Å². The van der Waals surface area contributed by atoms with Gasteiger partial charge in [0.25, 0.3) is 0 Å². The van der Waals surface area contributed by atoms with E-state index in [1.165, 1.54) is 30.6 Å². The number of hydrogen-bond acceptors (Lipinski definition) is 1. The van der Waals surface area contributed by atoms with Gasteiger partial charge >= 0.3 is 0 Å². The minimum Gasteiger partial charge on any atom is -0.443 e. The molecule has 2 aromatic rings. The first-order chi connectivity index (χ1) is 8.24. The highest BCUT2D eigenvalue weighted by Crippen LogP contribution is 2.18. The molecule has 0 bridgehead atoms. The average molecular weight is 231 g/mol. The van der Waals surface area contributed by atoms with Gasteiger partial charge in [0.1, 0.15) is 11.6 Å². The number of benzene rings is 2. The fraction of sp³-hybridized carbons (Fsp3) is 0. The van der Waals surface area contributed by atoms with Crippen LogP contribution in [0.3, 0.4) is 0 Å². The fourth-order valence-electron chi connectivity index (χ4n) is 1.22. The van der Waals surface area contributed by atoms with E-state index in [0.717, 1.165) is 0 Å². The van der Waals surface area contributed by atoms with Crippen LogP contribution in [0.15, 0.2) is 53.5 Å². The zero-order valence-corrected chi connectivity index (χ0v) is 8.85. The Morgan fingerprint density at radius 3 is 1.94 bits per heavy atom. The molecule has 0 aliphatic rings. The SMILES string of the molecule is Fc1ccc(N=C[N-]c2ccc(F)cc2)cc1. The molecule has 0 amide bonds. The monoisotopic (exact) mass is 231 g/mol. The molecule has 0 aliphatic heterocycles. The zero-order valence-electron chi connectivity index (χ0n) is 8.85. The van der Waals surface area contributed by atoms with Crippen molar-refractivity contribution >= 4 is 17.7 Å². The van der Waals surface area contributed by atoms with Gasteiger partial charge in [-0.15, -0.1) is 0 Å². The van der Waals surface area contributed by atoms with Crippen LogP contribution in [-0.4, -0.2) is 6.34 Å². The van der Waals surface area contributed by atoms with Crippen LogP contribution in [0, 0.1) is 11.6 Å². The smallest absolute Gasteiger partial charge is 0.123 e. The number of nitrogens with zero attached hydrogens (tertiary/aromatic N) is 2. The number of aliphatic imine (C=N–C) groups is 1. The molecule has 0 heterocycles. The standard InChI is InChI=1S/C13H9F2N2/c14-10-1-5-12(6-2-10)16-9-17-13-7-3-11(15)4-8-13/h1-9H/q-1. The van der Waals surface area contributed by atoms with E-state index in [9.17, 15) is 8.78 Å². The van der Waals surface area contributed by atoms with E-state index in [-0.39, 0.29) is 11.6 Å². The molecule has 0 spiro atoms. The van der Waals surface area contributed by atoms with Crippen LogP contribution in [0.4, 0.5) is 20.2 Å². The van der Waals surface area contributed by atoms with Crippen molar-refractivity contribution in [1.29, 1.82) is 0 Å². The molecule has 17 heavy (non-hydrogen) atoms. The van der Waals surface area contributed by atoms with E-state index >= 15 is 0 Å². The molecule has 0 aliphatic carbocycles. The van der Waals surface area contributed by atoms with Crippen molar-refractivity contribution in [3.63, 3.8) is 0 Å². The Bertz CT molecular complexity index is 504. The van der Waals surface area contributed by atoms with Crippen LogP contribution < -0.4 is 0 Å². The van der Waals surface area contributed by atoms with Gasteiger partial charge in [-0.1, -0.05) is 30.6 Å². The largest absolute Gasteiger partial charge is 0.443 e. The van der Waals surface area contributed by atoms with Gasteiger partial charge in [0.05, 0.1) is 0 Å². The molecule has 0 radical (unpaired) electrons. The molecule has 0 fully saturated rings. The predicted molar refractivity (Wildman–Crippen MR) is 64.0 cm³/mol. The van der Waals surface area contributed by atoms with Crippen molar-refractivity contribution in [2.75, 3.05) is 0 Å². The highest BCUT2D eigenvalue weighted by atomic mass is 19.1. The summed E-state index contributed by atoms with van der Waals surface area (Å²) >= 11 is 0. The Labute approximate surface area is 97.6 Å². The molecular formula is C13H9F2N2-. The summed E-state index contributed by atoms with van der Waals surface area (Å²) in [4.78, 5) is 4.01. The van der Waals surface area contributed by atoms with Crippen LogP contribution in [0.25, 0.3) is 5.32 Å². The van der Waals surface area contributed by atoms with Gasteiger partial charge in [-0.3, -0.25) is 0 Å². The quantitative estimate of drug-likeness (QED) is 0.555. The van der Waals surface area contributed by atoms with Crippen LogP contribution in [0.5, 0.6) is 0 Å². The first-order valence-corrected chi connectivity index (χ1v) is 4.98. The first kappa shape index (κ1) is 11.3. The van der Waals surface area contributed by atoms with E-state index in [4.69, 9.17) is 0 Å². The van der Waals surface area contributed by atoms with E-state index < -0.39 is 0 Å². The second-order valence-electron chi connectivity index (χ2n) is 3.33. The highest BCUT2D eigenvalue weighted by Gasteiger charge is 1.86. The second kappa shape index (κ2) is 5.21. The molecular weight excluding hydrogens is 222 g/mol. The molecule has 86 valence electrons. The third kappa shape index (κ3) is 3.38. The number of halogens is 2. The second-order valence-corrected chi connectivity index (χ2v) is 3.33. The maximum Gasteiger partial charge on any atom is 0.123 e. The van der Waals surface area contributed by atoms with E-state index in [1.807, 2.05) is 0 Å². The van der Waals surface area contributed by atoms with Crippen molar-refractivity contribution in [3.05, 3.63) is 65.5 Å². The summed E-state index contributed by atoms with van der Waals surface area (Å²) in [5, 5.41) is 4.01. The summed E-state index contributed by atoms with van der Waals surface area (Å²) in [6.45, 7) is 0. The zero-order chi connectivity index (χ0) is 12.1. The summed E-state index contributed by atoms with van der Waals surface area (Å²) < 4.78 is 25.2. The molecule has 2 aromatic carbocycles. The van der Waals surface area contributed by atoms with Gasteiger partial charge in [-0.05, 0) is 35.6 Å². The Morgan fingerprint density at radius 2 is 1.35 bits per heavy atom. The van der Waals surface area contributed by atoms with Gasteiger partial charge in [-0.2, -0.15) is 0 Å². The molecule has 0 aromatic heterocycles. The normalized spacial score (nSPS) is 10.7. The van der Waals surface area contributed by atoms with Gasteiger partial charge in [0, 0.05) is 0 Å². The van der Waals surface area contributed by atoms with Crippen molar-refractivity contribution in [1.82, 2.24) is 0 Å². The summed E-state index contributed by atoms with van der Waals surface area (Å²) in [5.41, 5.74) is 1.22. The summed E-state index contributed by atoms with van der Waals surface area (Å²) in [6.07, 6.45) is 1.35. The predicted octanol–water partition coefficient (Wildman–Crippen LogP) is 4.33. The summed E-state index contributed by atoms with van der Waals surface area (Å²) in [7, 11) is 0. The molecule has 0 saturated carbocycles.